The molecule has 28 heavy (non-hydrogen) atoms. The van der Waals surface area contributed by atoms with E-state index in [1.54, 1.807) is 49.0 Å². The highest BCUT2D eigenvalue weighted by molar-refractivity contribution is 7.10. The van der Waals surface area contributed by atoms with E-state index in [1.165, 1.54) is 0 Å². The predicted molar refractivity (Wildman–Crippen MR) is 111 cm³/mol. The van der Waals surface area contributed by atoms with Gasteiger partial charge in [-0.25, -0.2) is 0 Å². The molecule has 146 valence electrons. The van der Waals surface area contributed by atoms with Gasteiger partial charge in [0.2, 0.25) is 0 Å². The average Bonchev–Trinajstić information content (AvgIpc) is 3.25. The van der Waals surface area contributed by atoms with Crippen molar-refractivity contribution in [1.82, 2.24) is 10.3 Å². The van der Waals surface area contributed by atoms with E-state index in [0.717, 1.165) is 10.4 Å². The fourth-order valence-corrected chi connectivity index (χ4v) is 3.78. The van der Waals surface area contributed by atoms with Crippen LogP contribution in [0.15, 0.2) is 60.2 Å². The Morgan fingerprint density at radius 3 is 2.57 bits per heavy atom. The van der Waals surface area contributed by atoms with E-state index in [4.69, 9.17) is 9.47 Å². The van der Waals surface area contributed by atoms with Gasteiger partial charge in [0.15, 0.2) is 11.5 Å². The molecular weight excluding hydrogens is 372 g/mol. The Morgan fingerprint density at radius 2 is 1.93 bits per heavy atom. The number of benzene rings is 1. The van der Waals surface area contributed by atoms with Gasteiger partial charge in [-0.3, -0.25) is 9.78 Å². The highest BCUT2D eigenvalue weighted by atomic mass is 32.1. The van der Waals surface area contributed by atoms with Crippen LogP contribution in [0.2, 0.25) is 0 Å². The fraction of sp³-hybridized carbons (Fsp3) is 0.273. The molecule has 0 unspecified atom stereocenters. The monoisotopic (exact) mass is 396 g/mol. The number of nitrogens with one attached hydrogen (secondary N) is 1. The van der Waals surface area contributed by atoms with Gasteiger partial charge in [0.25, 0.3) is 5.91 Å². The van der Waals surface area contributed by atoms with Crippen molar-refractivity contribution in [2.24, 2.45) is 5.92 Å². The first-order valence-corrected chi connectivity index (χ1v) is 10.0. The number of pyridine rings is 1. The van der Waals surface area contributed by atoms with Gasteiger partial charge in [-0.05, 0) is 53.3 Å². The molecule has 0 bridgehead atoms. The summed E-state index contributed by atoms with van der Waals surface area (Å²) in [6.07, 6.45) is 3.44. The number of hydrogen-bond donors (Lipinski definition) is 1. The van der Waals surface area contributed by atoms with Crippen molar-refractivity contribution in [3.05, 3.63) is 76.2 Å². The lowest BCUT2D eigenvalue weighted by molar-refractivity contribution is 0.0926. The third-order valence-corrected chi connectivity index (χ3v) is 5.33. The fourth-order valence-electron chi connectivity index (χ4n) is 2.83. The minimum atomic E-state index is -0.136. The van der Waals surface area contributed by atoms with Gasteiger partial charge in [-0.15, -0.1) is 11.3 Å². The molecule has 0 radical (unpaired) electrons. The van der Waals surface area contributed by atoms with Gasteiger partial charge in [0.05, 0.1) is 13.2 Å². The van der Waals surface area contributed by atoms with Gasteiger partial charge in [-0.2, -0.15) is 0 Å². The van der Waals surface area contributed by atoms with Crippen LogP contribution < -0.4 is 14.8 Å². The van der Waals surface area contributed by atoms with E-state index >= 15 is 0 Å². The van der Waals surface area contributed by atoms with Crippen LogP contribution in [0.25, 0.3) is 0 Å². The number of hydrogen-bond acceptors (Lipinski definition) is 5. The number of nitrogens with zero attached hydrogens (tertiary/aromatic N) is 1. The second-order valence-electron chi connectivity index (χ2n) is 6.72. The lowest BCUT2D eigenvalue weighted by Gasteiger charge is -2.21. The van der Waals surface area contributed by atoms with E-state index in [1.807, 2.05) is 29.6 Å². The van der Waals surface area contributed by atoms with Crippen LogP contribution in [0.1, 0.15) is 40.7 Å². The van der Waals surface area contributed by atoms with Crippen LogP contribution in [-0.2, 0) is 6.61 Å². The summed E-state index contributed by atoms with van der Waals surface area (Å²) in [6, 6.07) is 13.0. The largest absolute Gasteiger partial charge is 0.493 e. The zero-order valence-electron chi connectivity index (χ0n) is 16.2. The molecule has 0 spiro atoms. The molecule has 2 aromatic heterocycles. The highest BCUT2D eigenvalue weighted by Gasteiger charge is 2.21. The van der Waals surface area contributed by atoms with Crippen LogP contribution in [0.3, 0.4) is 0 Å². The Hall–Kier alpha value is -2.86. The van der Waals surface area contributed by atoms with Gasteiger partial charge < -0.3 is 14.8 Å². The van der Waals surface area contributed by atoms with Gasteiger partial charge in [0.1, 0.15) is 6.61 Å². The molecular formula is C22H24N2O3S. The molecule has 1 atom stereocenters. The van der Waals surface area contributed by atoms with Crippen LogP contribution in [0.5, 0.6) is 11.5 Å². The van der Waals surface area contributed by atoms with E-state index in [0.29, 0.717) is 23.7 Å². The van der Waals surface area contributed by atoms with E-state index in [2.05, 4.69) is 24.1 Å². The number of methoxy groups -OCH3 is 1. The molecule has 1 aromatic carbocycles. The zero-order chi connectivity index (χ0) is 19.9. The van der Waals surface area contributed by atoms with Crippen LogP contribution in [-0.4, -0.2) is 18.0 Å². The second kappa shape index (κ2) is 9.37. The summed E-state index contributed by atoms with van der Waals surface area (Å²) >= 11 is 1.65. The summed E-state index contributed by atoms with van der Waals surface area (Å²) < 4.78 is 11.3. The first-order chi connectivity index (χ1) is 13.6. The quantitative estimate of drug-likeness (QED) is 0.591. The Bertz CT molecular complexity index is 895. The third kappa shape index (κ3) is 4.89. The molecule has 5 nitrogen and oxygen atoms in total. The molecule has 0 aliphatic heterocycles. The molecule has 0 fully saturated rings. The first-order valence-electron chi connectivity index (χ1n) is 9.12. The molecule has 6 heteroatoms. The number of thiophene rings is 1. The third-order valence-electron chi connectivity index (χ3n) is 4.37. The topological polar surface area (TPSA) is 60.5 Å². The maximum atomic E-state index is 12.9. The predicted octanol–water partition coefficient (Wildman–Crippen LogP) is 4.86. The van der Waals surface area contributed by atoms with Crippen molar-refractivity contribution in [3.63, 3.8) is 0 Å². The summed E-state index contributed by atoms with van der Waals surface area (Å²) in [7, 11) is 1.58. The minimum Gasteiger partial charge on any atom is -0.493 e. The maximum absolute atomic E-state index is 12.9. The lowest BCUT2D eigenvalue weighted by Crippen LogP contribution is -2.31. The number of rotatable bonds is 8. The van der Waals surface area contributed by atoms with Gasteiger partial charge in [0, 0.05) is 22.8 Å². The highest BCUT2D eigenvalue weighted by Crippen LogP contribution is 2.30. The average molecular weight is 397 g/mol. The van der Waals surface area contributed by atoms with E-state index in [9.17, 15) is 4.79 Å². The van der Waals surface area contributed by atoms with Crippen LogP contribution >= 0.6 is 11.3 Å². The Labute approximate surface area is 169 Å². The summed E-state index contributed by atoms with van der Waals surface area (Å²) in [5.41, 5.74) is 1.53. The summed E-state index contributed by atoms with van der Waals surface area (Å²) in [4.78, 5) is 18.0. The number of aromatic nitrogens is 1. The Morgan fingerprint density at radius 1 is 1.14 bits per heavy atom. The Kier molecular flexibility index (Phi) is 6.66. The minimum absolute atomic E-state index is 0.0317. The molecule has 3 rings (SSSR count). The van der Waals surface area contributed by atoms with Gasteiger partial charge >= 0.3 is 0 Å². The Balaban J connectivity index is 1.76. The number of ether oxygens (including phenoxy) is 2. The summed E-state index contributed by atoms with van der Waals surface area (Å²) in [5.74, 6) is 1.26. The summed E-state index contributed by atoms with van der Waals surface area (Å²) in [6.45, 7) is 4.57. The smallest absolute Gasteiger partial charge is 0.251 e. The lowest BCUT2D eigenvalue weighted by atomic mass is 10.0. The van der Waals surface area contributed by atoms with Crippen molar-refractivity contribution in [3.8, 4) is 11.5 Å². The van der Waals surface area contributed by atoms with Crippen molar-refractivity contribution >= 4 is 17.2 Å². The van der Waals surface area contributed by atoms with Crippen molar-refractivity contribution in [2.75, 3.05) is 7.11 Å². The zero-order valence-corrected chi connectivity index (χ0v) is 17.0. The normalized spacial score (nSPS) is 11.9. The standard InChI is InChI=1S/C22H24N2O3S/c1-15(2)21(20-5-4-12-28-20)24-22(25)17-6-7-18(26-3)19(13-17)27-14-16-8-10-23-11-9-16/h4-13,15,21H,14H2,1-3H3,(H,24,25)/t21-/m1/s1. The number of amides is 1. The molecule has 3 aromatic rings. The molecule has 2 heterocycles. The van der Waals surface area contributed by atoms with Crippen molar-refractivity contribution < 1.29 is 14.3 Å². The maximum Gasteiger partial charge on any atom is 0.251 e. The second-order valence-corrected chi connectivity index (χ2v) is 7.70. The molecule has 0 aliphatic rings. The molecule has 1 N–H and O–H groups in total. The molecule has 0 saturated carbocycles. The van der Waals surface area contributed by atoms with Gasteiger partial charge in [-0.1, -0.05) is 19.9 Å². The molecule has 0 aliphatic carbocycles. The van der Waals surface area contributed by atoms with E-state index < -0.39 is 0 Å². The van der Waals surface area contributed by atoms with Crippen molar-refractivity contribution in [1.29, 1.82) is 0 Å². The SMILES string of the molecule is COc1ccc(C(=O)N[C@@H](c2cccs2)C(C)C)cc1OCc1ccncc1. The van der Waals surface area contributed by atoms with Crippen LogP contribution in [0, 0.1) is 5.92 Å². The number of carbonyl (C=O) groups is 1. The first kappa shape index (κ1) is 19.9. The van der Waals surface area contributed by atoms with Crippen molar-refractivity contribution in [2.45, 2.75) is 26.5 Å². The molecule has 1 amide bonds. The molecule has 0 saturated heterocycles. The summed E-state index contributed by atoms with van der Waals surface area (Å²) in [5, 5.41) is 5.16. The number of carbonyl (C=O) groups excluding carboxylic acids is 1. The van der Waals surface area contributed by atoms with E-state index in [-0.39, 0.29) is 17.9 Å². The van der Waals surface area contributed by atoms with Crippen LogP contribution in [0.4, 0.5) is 0 Å².